The van der Waals surface area contributed by atoms with Gasteiger partial charge in [-0.3, -0.25) is 14.6 Å². The van der Waals surface area contributed by atoms with Crippen molar-refractivity contribution in [3.63, 3.8) is 0 Å². The van der Waals surface area contributed by atoms with Crippen molar-refractivity contribution in [3.05, 3.63) is 119 Å². The van der Waals surface area contributed by atoms with Crippen molar-refractivity contribution in [2.45, 2.75) is 61.5 Å². The number of nitrogens with two attached hydrogens (primary N) is 1. The molecule has 4 aromatic rings. The number of nitrogens with zero attached hydrogens (tertiary/aromatic N) is 3. The van der Waals surface area contributed by atoms with Gasteiger partial charge >= 0.3 is 36.5 Å². The highest BCUT2D eigenvalue weighted by atomic mass is 19.4. The van der Waals surface area contributed by atoms with Crippen LogP contribution in [0.15, 0.2) is 97.1 Å². The maximum absolute atomic E-state index is 13.6. The van der Waals surface area contributed by atoms with Crippen LogP contribution in [0.4, 0.5) is 44.7 Å². The van der Waals surface area contributed by atoms with E-state index in [-0.39, 0.29) is 51.0 Å². The summed E-state index contributed by atoms with van der Waals surface area (Å²) in [5.41, 5.74) is 14.3. The molecule has 2 heterocycles. The number of likely N-dealkylation sites (tertiary alicyclic amines) is 2. The largest absolute Gasteiger partial charge is 0.491 e. The summed E-state index contributed by atoms with van der Waals surface area (Å²) in [5.74, 6) is -7.23. The number of benzene rings is 4. The Hall–Kier alpha value is -7.04. The summed E-state index contributed by atoms with van der Waals surface area (Å²) in [5, 5.41) is 9.08. The fourth-order valence-corrected chi connectivity index (χ4v) is 7.92. The van der Waals surface area contributed by atoms with E-state index >= 15 is 0 Å². The minimum atomic E-state index is -5.62. The summed E-state index contributed by atoms with van der Waals surface area (Å²) in [6, 6.07) is 32.4. The average molecular weight is 901 g/mol. The van der Waals surface area contributed by atoms with Crippen LogP contribution in [0.3, 0.4) is 0 Å². The number of hydrogen-bond acceptors (Lipinski definition) is 9. The second kappa shape index (κ2) is 19.1. The Morgan fingerprint density at radius 2 is 0.938 bits per heavy atom. The van der Waals surface area contributed by atoms with E-state index < -0.39 is 66.8 Å². The summed E-state index contributed by atoms with van der Waals surface area (Å²) < 4.78 is 108. The first kappa shape index (κ1) is 46.5. The molecule has 0 saturated carbocycles. The van der Waals surface area contributed by atoms with Gasteiger partial charge in [0.05, 0.1) is 19.2 Å². The molecule has 4 atom stereocenters. The van der Waals surface area contributed by atoms with Crippen molar-refractivity contribution >= 4 is 30.0 Å². The molecule has 64 heavy (non-hydrogen) atoms. The maximum atomic E-state index is 13.6. The predicted octanol–water partition coefficient (Wildman–Crippen LogP) is 7.89. The van der Waals surface area contributed by atoms with Crippen molar-refractivity contribution < 1.29 is 73.3 Å². The Balaban J connectivity index is 0.000000169. The Labute approximate surface area is 359 Å². The van der Waals surface area contributed by atoms with Crippen LogP contribution in [0.2, 0.25) is 0 Å². The number of carbonyl (C=O) groups is 5. The van der Waals surface area contributed by atoms with E-state index in [1.807, 2.05) is 91.0 Å². The molecule has 0 spiro atoms. The summed E-state index contributed by atoms with van der Waals surface area (Å²) >= 11 is 0. The molecule has 2 aliphatic carbocycles. The molecule has 0 radical (unpaired) electrons. The van der Waals surface area contributed by atoms with Crippen molar-refractivity contribution in [2.24, 2.45) is 5.73 Å². The van der Waals surface area contributed by atoms with Gasteiger partial charge in [0.15, 0.2) is 0 Å². The van der Waals surface area contributed by atoms with Crippen molar-refractivity contribution in [2.75, 3.05) is 26.3 Å². The molecule has 0 unspecified atom stereocenters. The minimum Gasteiger partial charge on any atom is -0.448 e. The van der Waals surface area contributed by atoms with Crippen molar-refractivity contribution in [1.82, 2.24) is 9.80 Å². The quantitative estimate of drug-likeness (QED) is 0.0906. The third kappa shape index (κ3) is 10.2. The van der Waals surface area contributed by atoms with E-state index in [1.165, 1.54) is 4.90 Å². The number of carbonyl (C=O) groups excluding carboxylic acids is 5. The van der Waals surface area contributed by atoms with Crippen LogP contribution >= 0.6 is 0 Å². The minimum absolute atomic E-state index is 0.0411. The smallest absolute Gasteiger partial charge is 0.448 e. The molecule has 2 N–H and O–H groups in total. The summed E-state index contributed by atoms with van der Waals surface area (Å²) in [6.07, 6.45) is -15.0. The van der Waals surface area contributed by atoms with Gasteiger partial charge in [0.2, 0.25) is 5.91 Å². The monoisotopic (exact) mass is 900 g/mol. The molecule has 4 aliphatic rings. The normalized spacial score (nSPS) is 19.6. The number of alkyl halides is 8. The van der Waals surface area contributed by atoms with E-state index in [4.69, 9.17) is 20.5 Å². The predicted molar refractivity (Wildman–Crippen MR) is 208 cm³/mol. The lowest BCUT2D eigenvalue weighted by molar-refractivity contribution is -0.221. The Kier molecular flexibility index (Phi) is 13.9. The molecular weight excluding hydrogens is 864 g/mol. The molecule has 20 heteroatoms. The van der Waals surface area contributed by atoms with Crippen LogP contribution in [-0.2, 0) is 28.6 Å². The third-order valence-electron chi connectivity index (χ3n) is 10.8. The van der Waals surface area contributed by atoms with Gasteiger partial charge in [0.25, 0.3) is 0 Å². The molecule has 0 aromatic heterocycles. The van der Waals surface area contributed by atoms with Crippen molar-refractivity contribution in [1.29, 1.82) is 5.26 Å². The molecular formula is C44H36F8N4O8. The number of esters is 2. The van der Waals surface area contributed by atoms with Crippen molar-refractivity contribution in [3.8, 4) is 28.3 Å². The second-order valence-electron chi connectivity index (χ2n) is 14.8. The van der Waals surface area contributed by atoms with Crippen LogP contribution in [0.25, 0.3) is 22.3 Å². The molecule has 336 valence electrons. The molecule has 12 nitrogen and oxygen atoms in total. The molecule has 0 bridgehead atoms. The lowest BCUT2D eigenvalue weighted by Gasteiger charge is -2.22. The highest BCUT2D eigenvalue weighted by Gasteiger charge is 2.49. The number of halogens is 8. The van der Waals surface area contributed by atoms with Gasteiger partial charge in [-0.1, -0.05) is 97.1 Å². The van der Waals surface area contributed by atoms with E-state index in [0.29, 0.717) is 0 Å². The SMILES string of the molecule is N#C[C@@H]1C[C@H](F)CN1C(=O)OCC1c2ccccc2-c2ccccc21.NC(=O)[C@@H]1C[C@H](F)CN1C(=O)OCC1c2ccccc2-c2ccccc21.O=C(OC(=O)C(F)(F)F)C(F)(F)F. The van der Waals surface area contributed by atoms with Crippen LogP contribution < -0.4 is 5.73 Å². The lowest BCUT2D eigenvalue weighted by atomic mass is 9.98. The van der Waals surface area contributed by atoms with Gasteiger partial charge in [-0.05, 0) is 44.5 Å². The van der Waals surface area contributed by atoms with Crippen LogP contribution in [-0.4, -0.2) is 103 Å². The van der Waals surface area contributed by atoms with E-state index in [2.05, 4.69) is 16.9 Å². The number of nitriles is 1. The van der Waals surface area contributed by atoms with E-state index in [1.54, 1.807) is 0 Å². The summed E-state index contributed by atoms with van der Waals surface area (Å²) in [4.78, 5) is 57.8. The zero-order valence-electron chi connectivity index (χ0n) is 33.2. The summed E-state index contributed by atoms with van der Waals surface area (Å²) in [6.45, 7) is 0.0729. The number of hydrogen-bond donors (Lipinski definition) is 1. The fourth-order valence-electron chi connectivity index (χ4n) is 7.92. The first-order valence-corrected chi connectivity index (χ1v) is 19.4. The first-order chi connectivity index (χ1) is 30.3. The van der Waals surface area contributed by atoms with Gasteiger partial charge in [0.1, 0.15) is 37.6 Å². The van der Waals surface area contributed by atoms with E-state index in [0.717, 1.165) is 49.4 Å². The highest BCUT2D eigenvalue weighted by molar-refractivity contribution is 5.91. The van der Waals surface area contributed by atoms with Crippen LogP contribution in [0.5, 0.6) is 0 Å². The molecule has 2 saturated heterocycles. The Morgan fingerprint density at radius 3 is 1.30 bits per heavy atom. The highest BCUT2D eigenvalue weighted by Crippen LogP contribution is 2.46. The number of amides is 3. The van der Waals surface area contributed by atoms with Gasteiger partial charge in [-0.25, -0.2) is 28.0 Å². The molecule has 8 rings (SSSR count). The van der Waals surface area contributed by atoms with Crippen LogP contribution in [0, 0.1) is 11.3 Å². The number of primary amides is 1. The topological polar surface area (TPSA) is 169 Å². The summed E-state index contributed by atoms with van der Waals surface area (Å²) in [7, 11) is 0. The molecule has 2 aliphatic heterocycles. The maximum Gasteiger partial charge on any atom is 0.491 e. The van der Waals surface area contributed by atoms with Gasteiger partial charge in [-0.2, -0.15) is 31.6 Å². The van der Waals surface area contributed by atoms with E-state index in [9.17, 15) is 59.1 Å². The second-order valence-corrected chi connectivity index (χ2v) is 14.8. The van der Waals surface area contributed by atoms with Gasteiger partial charge in [-0.15, -0.1) is 0 Å². The Bertz CT molecular complexity index is 2340. The zero-order chi connectivity index (χ0) is 46.5. The molecule has 2 fully saturated rings. The van der Waals surface area contributed by atoms with Crippen LogP contribution in [0.1, 0.15) is 46.9 Å². The molecule has 4 aromatic carbocycles. The first-order valence-electron chi connectivity index (χ1n) is 19.4. The third-order valence-corrected chi connectivity index (χ3v) is 10.8. The zero-order valence-corrected chi connectivity index (χ0v) is 33.2. The lowest BCUT2D eigenvalue weighted by Crippen LogP contribution is -2.44. The standard InChI is InChI=1S/C20H19FN2O3.C20H17FN2O2.C4F6O3/c21-12-9-18(19(22)24)23(10-12)20(25)26-11-17-15-7-3-1-5-13(15)14-6-2-4-8-16(14)17;21-13-9-14(10-22)23(11-13)20(24)25-12-19-17-7-3-1-5-15(17)16-6-2-4-8-18(16)19;5-3(6,7)1(11)13-2(12)4(8,9)10/h1-8,12,17-18H,9-11H2,(H2,22,24);1-8,13-14,19H,9,11-12H2;/t12-,18-;13-,14-;/m00./s1. The average Bonchev–Trinajstić information content (AvgIpc) is 4.02. The molecule has 3 amide bonds. The fraction of sp³-hybridized carbons (Fsp3) is 0.318. The van der Waals surface area contributed by atoms with Gasteiger partial charge < -0.3 is 19.9 Å². The van der Waals surface area contributed by atoms with Gasteiger partial charge in [0, 0.05) is 24.7 Å². The number of fused-ring (bicyclic) bond motifs is 6. The number of rotatable bonds is 5. The number of ether oxygens (including phenoxy) is 3. The Morgan fingerprint density at radius 1 is 0.594 bits per heavy atom.